The molecule has 22 heavy (non-hydrogen) atoms. The van der Waals surface area contributed by atoms with E-state index in [1.54, 1.807) is 36.4 Å². The zero-order chi connectivity index (χ0) is 16.2. The minimum atomic E-state index is -4.21. The van der Waals surface area contributed by atoms with Crippen molar-refractivity contribution in [3.05, 3.63) is 77.4 Å². The van der Waals surface area contributed by atoms with Crippen molar-refractivity contribution in [2.75, 3.05) is 6.16 Å². The highest BCUT2D eigenvalue weighted by Crippen LogP contribution is 2.35. The lowest BCUT2D eigenvalue weighted by molar-refractivity contribution is 0.105. The number of allylic oxidation sites excluding steroid dienone is 2. The predicted octanol–water partition coefficient (Wildman–Crippen LogP) is 3.44. The molecule has 0 aliphatic carbocycles. The smallest absolute Gasteiger partial charge is 0.324 e. The molecule has 0 fully saturated rings. The first-order chi connectivity index (χ1) is 10.4. The van der Waals surface area contributed by atoms with Crippen LogP contribution in [0, 0.1) is 6.92 Å². The van der Waals surface area contributed by atoms with Gasteiger partial charge in [0.05, 0.1) is 6.16 Å². The molecule has 0 radical (unpaired) electrons. The molecular formula is C17H17O4P. The maximum absolute atomic E-state index is 12.8. The molecule has 0 aromatic heterocycles. The normalized spacial score (nSPS) is 12.2. The molecule has 0 bridgehead atoms. The van der Waals surface area contributed by atoms with E-state index < -0.39 is 13.8 Å². The molecule has 0 aliphatic heterocycles. The predicted molar refractivity (Wildman–Crippen MR) is 86.8 cm³/mol. The summed E-state index contributed by atoms with van der Waals surface area (Å²) in [5.41, 5.74) is 2.30. The number of carbonyl (C=O) groups is 1. The zero-order valence-corrected chi connectivity index (χ0v) is 13.0. The summed E-state index contributed by atoms with van der Waals surface area (Å²) < 4.78 is 11.1. The fourth-order valence-electron chi connectivity index (χ4n) is 2.14. The molecule has 4 nitrogen and oxygen atoms in total. The van der Waals surface area contributed by atoms with Crippen molar-refractivity contribution in [2.24, 2.45) is 0 Å². The van der Waals surface area contributed by atoms with Crippen LogP contribution >= 0.6 is 7.60 Å². The van der Waals surface area contributed by atoms with Crippen LogP contribution in [-0.4, -0.2) is 21.7 Å². The number of aryl methyl sites for hydroxylation is 1. The van der Waals surface area contributed by atoms with Gasteiger partial charge >= 0.3 is 7.60 Å². The molecule has 2 N–H and O–H groups in total. The molecule has 0 heterocycles. The fourth-order valence-corrected chi connectivity index (χ4v) is 2.56. The second kappa shape index (κ2) is 6.84. The van der Waals surface area contributed by atoms with Crippen LogP contribution in [0.1, 0.15) is 21.5 Å². The first-order valence-corrected chi connectivity index (χ1v) is 8.59. The van der Waals surface area contributed by atoms with Gasteiger partial charge < -0.3 is 9.79 Å². The van der Waals surface area contributed by atoms with Gasteiger partial charge in [-0.15, -0.1) is 0 Å². The maximum Gasteiger partial charge on any atom is 0.329 e. The molecular weight excluding hydrogens is 299 g/mol. The van der Waals surface area contributed by atoms with Crippen molar-refractivity contribution >= 4 is 19.0 Å². The Morgan fingerprint density at radius 3 is 2.23 bits per heavy atom. The SMILES string of the molecule is Cc1ccccc1C(=O)C(=CCP(=O)(O)O)c1ccccc1. The number of carbonyl (C=O) groups excluding carboxylic acids is 1. The van der Waals surface area contributed by atoms with E-state index in [0.717, 1.165) is 5.56 Å². The van der Waals surface area contributed by atoms with Crippen molar-refractivity contribution < 1.29 is 19.1 Å². The van der Waals surface area contributed by atoms with Gasteiger partial charge in [-0.2, -0.15) is 0 Å². The van der Waals surface area contributed by atoms with Crippen LogP contribution in [0.2, 0.25) is 0 Å². The Balaban J connectivity index is 2.48. The summed E-state index contributed by atoms with van der Waals surface area (Å²) in [5, 5.41) is 0. The summed E-state index contributed by atoms with van der Waals surface area (Å²) >= 11 is 0. The third-order valence-electron chi connectivity index (χ3n) is 3.25. The summed E-state index contributed by atoms with van der Waals surface area (Å²) in [6, 6.07) is 16.0. The minimum absolute atomic E-state index is 0.238. The molecule has 0 spiro atoms. The molecule has 0 amide bonds. The third kappa shape index (κ3) is 4.25. The van der Waals surface area contributed by atoms with Crippen LogP contribution < -0.4 is 0 Å². The lowest BCUT2D eigenvalue weighted by Gasteiger charge is -2.10. The van der Waals surface area contributed by atoms with E-state index in [1.165, 1.54) is 6.08 Å². The van der Waals surface area contributed by atoms with E-state index in [0.29, 0.717) is 16.7 Å². The van der Waals surface area contributed by atoms with E-state index in [4.69, 9.17) is 9.79 Å². The Labute approximate surface area is 129 Å². The lowest BCUT2D eigenvalue weighted by Crippen LogP contribution is -2.06. The number of hydrogen-bond donors (Lipinski definition) is 2. The topological polar surface area (TPSA) is 74.6 Å². The summed E-state index contributed by atoms with van der Waals surface area (Å²) in [6.07, 6.45) is 0.861. The first-order valence-electron chi connectivity index (χ1n) is 6.79. The standard InChI is InChI=1S/C17H17O4P/c1-13-7-5-6-10-15(13)17(18)16(11-12-22(19,20)21)14-8-3-2-4-9-14/h2-11H,12H2,1H3,(H2,19,20,21). The van der Waals surface area contributed by atoms with Gasteiger partial charge in [-0.1, -0.05) is 60.7 Å². The third-order valence-corrected chi connectivity index (χ3v) is 3.91. The molecule has 2 aromatic carbocycles. The Hall–Kier alpha value is -2.00. The summed E-state index contributed by atoms with van der Waals surface area (Å²) in [6.45, 7) is 1.83. The molecule has 2 aromatic rings. The van der Waals surface area contributed by atoms with Gasteiger partial charge in [0.2, 0.25) is 0 Å². The minimum Gasteiger partial charge on any atom is -0.324 e. The maximum atomic E-state index is 12.8. The summed E-state index contributed by atoms with van der Waals surface area (Å²) in [7, 11) is -4.21. The number of hydrogen-bond acceptors (Lipinski definition) is 2. The van der Waals surface area contributed by atoms with Crippen LogP contribution in [-0.2, 0) is 4.57 Å². The molecule has 5 heteroatoms. The highest BCUT2D eigenvalue weighted by Gasteiger charge is 2.18. The molecule has 0 unspecified atom stereocenters. The van der Waals surface area contributed by atoms with Crippen LogP contribution in [0.3, 0.4) is 0 Å². The molecule has 0 aliphatic rings. The van der Waals surface area contributed by atoms with E-state index in [2.05, 4.69) is 0 Å². The Morgan fingerprint density at radius 2 is 1.64 bits per heavy atom. The Morgan fingerprint density at radius 1 is 1.05 bits per heavy atom. The van der Waals surface area contributed by atoms with Crippen LogP contribution in [0.4, 0.5) is 0 Å². The summed E-state index contributed by atoms with van der Waals surface area (Å²) in [4.78, 5) is 30.9. The van der Waals surface area contributed by atoms with Gasteiger partial charge in [0.15, 0.2) is 5.78 Å². The molecule has 2 rings (SSSR count). The molecule has 114 valence electrons. The summed E-state index contributed by atoms with van der Waals surface area (Å²) in [5.74, 6) is -0.238. The van der Waals surface area contributed by atoms with E-state index in [9.17, 15) is 9.36 Å². The van der Waals surface area contributed by atoms with Gasteiger partial charge in [-0.05, 0) is 18.1 Å². The monoisotopic (exact) mass is 316 g/mol. The van der Waals surface area contributed by atoms with Crippen molar-refractivity contribution in [3.8, 4) is 0 Å². The molecule has 0 saturated carbocycles. The highest BCUT2D eigenvalue weighted by atomic mass is 31.2. The first kappa shape index (κ1) is 16.4. The Kier molecular flexibility index (Phi) is 5.09. The van der Waals surface area contributed by atoms with E-state index in [-0.39, 0.29) is 5.78 Å². The van der Waals surface area contributed by atoms with Gasteiger partial charge in [-0.25, -0.2) is 0 Å². The average Bonchev–Trinajstić information content (AvgIpc) is 2.47. The van der Waals surface area contributed by atoms with Crippen molar-refractivity contribution in [2.45, 2.75) is 6.92 Å². The number of Topliss-reactive ketones (excluding diaryl/α,β-unsaturated/α-hetero) is 1. The van der Waals surface area contributed by atoms with Crippen LogP contribution in [0.25, 0.3) is 5.57 Å². The van der Waals surface area contributed by atoms with Gasteiger partial charge in [0, 0.05) is 11.1 Å². The molecule has 0 atom stereocenters. The zero-order valence-electron chi connectivity index (χ0n) is 12.1. The van der Waals surface area contributed by atoms with Crippen LogP contribution in [0.5, 0.6) is 0 Å². The number of ketones is 1. The highest BCUT2D eigenvalue weighted by molar-refractivity contribution is 7.51. The molecule has 0 saturated heterocycles. The van der Waals surface area contributed by atoms with Gasteiger partial charge in [0.25, 0.3) is 0 Å². The van der Waals surface area contributed by atoms with E-state index >= 15 is 0 Å². The quantitative estimate of drug-likeness (QED) is 0.503. The second-order valence-electron chi connectivity index (χ2n) is 4.98. The lowest BCUT2D eigenvalue weighted by atomic mass is 9.94. The Bertz CT molecular complexity index is 744. The number of rotatable bonds is 5. The van der Waals surface area contributed by atoms with E-state index in [1.807, 2.05) is 25.1 Å². The van der Waals surface area contributed by atoms with Gasteiger partial charge in [0.1, 0.15) is 0 Å². The largest absolute Gasteiger partial charge is 0.329 e. The number of benzene rings is 2. The second-order valence-corrected chi connectivity index (χ2v) is 6.67. The van der Waals surface area contributed by atoms with Crippen molar-refractivity contribution in [3.63, 3.8) is 0 Å². The van der Waals surface area contributed by atoms with Crippen LogP contribution in [0.15, 0.2) is 60.7 Å². The van der Waals surface area contributed by atoms with Gasteiger partial charge in [-0.3, -0.25) is 9.36 Å². The van der Waals surface area contributed by atoms with Crippen molar-refractivity contribution in [1.82, 2.24) is 0 Å². The van der Waals surface area contributed by atoms with Crippen molar-refractivity contribution in [1.29, 1.82) is 0 Å². The fraction of sp³-hybridized carbons (Fsp3) is 0.118. The average molecular weight is 316 g/mol.